The summed E-state index contributed by atoms with van der Waals surface area (Å²) in [6.45, 7) is 3.81. The Kier molecular flexibility index (Phi) is 6.19. The maximum atomic E-state index is 11.4. The van der Waals surface area contributed by atoms with Gasteiger partial charge in [-0.1, -0.05) is 0 Å². The molecule has 2 aromatic carbocycles. The van der Waals surface area contributed by atoms with Crippen molar-refractivity contribution in [3.63, 3.8) is 0 Å². The van der Waals surface area contributed by atoms with Crippen molar-refractivity contribution in [1.82, 2.24) is 9.97 Å². The van der Waals surface area contributed by atoms with Crippen molar-refractivity contribution in [3.05, 3.63) is 81.0 Å². The van der Waals surface area contributed by atoms with Crippen LogP contribution in [0.5, 0.6) is 0 Å². The minimum absolute atomic E-state index is 0.0242. The van der Waals surface area contributed by atoms with Crippen molar-refractivity contribution in [3.8, 4) is 12.1 Å². The molecule has 3 rings (SSSR count). The highest BCUT2D eigenvalue weighted by atomic mass is 16.6. The third-order valence-corrected chi connectivity index (χ3v) is 4.39. The van der Waals surface area contributed by atoms with E-state index in [0.29, 0.717) is 11.3 Å². The first-order valence-corrected chi connectivity index (χ1v) is 9.14. The molecule has 31 heavy (non-hydrogen) atoms. The summed E-state index contributed by atoms with van der Waals surface area (Å²) >= 11 is 0. The zero-order chi connectivity index (χ0) is 22.4. The molecule has 0 amide bonds. The number of allylic oxidation sites excluding steroid dienone is 1. The zero-order valence-corrected chi connectivity index (χ0v) is 16.7. The number of anilines is 4. The van der Waals surface area contributed by atoms with Gasteiger partial charge in [0.15, 0.2) is 0 Å². The van der Waals surface area contributed by atoms with Crippen molar-refractivity contribution in [2.45, 2.75) is 13.8 Å². The molecule has 0 unspecified atom stereocenters. The van der Waals surface area contributed by atoms with E-state index in [4.69, 9.17) is 10.5 Å². The van der Waals surface area contributed by atoms with E-state index in [1.165, 1.54) is 6.08 Å². The van der Waals surface area contributed by atoms with E-state index in [2.05, 4.69) is 20.6 Å². The van der Waals surface area contributed by atoms with Crippen LogP contribution >= 0.6 is 0 Å². The molecule has 1 heterocycles. The predicted molar refractivity (Wildman–Crippen MR) is 117 cm³/mol. The van der Waals surface area contributed by atoms with Gasteiger partial charge in [0, 0.05) is 17.5 Å². The smallest absolute Gasteiger partial charge is 0.329 e. The number of hydrogen-bond acceptors (Lipinski definition) is 8. The number of nitro groups is 1. The number of nitrogens with zero attached hydrogens (tertiary/aromatic N) is 5. The number of aryl methyl sites for hydroxylation is 2. The van der Waals surface area contributed by atoms with Crippen LogP contribution in [0.1, 0.15) is 22.3 Å². The summed E-state index contributed by atoms with van der Waals surface area (Å²) in [6.07, 6.45) is 4.25. The Hall–Kier alpha value is -4.76. The Labute approximate surface area is 178 Å². The predicted octanol–water partition coefficient (Wildman–Crippen LogP) is 4.90. The Morgan fingerprint density at radius 3 is 2.35 bits per heavy atom. The first-order valence-electron chi connectivity index (χ1n) is 9.14. The molecule has 0 fully saturated rings. The second-order valence-corrected chi connectivity index (χ2v) is 6.62. The molecule has 152 valence electrons. The van der Waals surface area contributed by atoms with Gasteiger partial charge in [-0.05, 0) is 73.0 Å². The van der Waals surface area contributed by atoms with Gasteiger partial charge in [-0.25, -0.2) is 4.98 Å². The van der Waals surface area contributed by atoms with Crippen molar-refractivity contribution in [2.24, 2.45) is 0 Å². The SMILES string of the molecule is Cc1cc(/C=C/C#N)cc(C)c1Nc1ncc([N+](=O)[O-])c(Nc2ccc(C#N)cc2)n1. The van der Waals surface area contributed by atoms with Crippen LogP contribution in [0.15, 0.2) is 48.7 Å². The molecule has 0 atom stereocenters. The van der Waals surface area contributed by atoms with Crippen LogP contribution in [0.2, 0.25) is 0 Å². The molecule has 0 aliphatic rings. The molecule has 0 saturated carbocycles. The van der Waals surface area contributed by atoms with Crippen LogP contribution in [0.3, 0.4) is 0 Å². The molecule has 0 aliphatic carbocycles. The fraction of sp³-hybridized carbons (Fsp3) is 0.0909. The Morgan fingerprint density at radius 2 is 1.77 bits per heavy atom. The van der Waals surface area contributed by atoms with Gasteiger partial charge in [0.2, 0.25) is 11.8 Å². The van der Waals surface area contributed by atoms with E-state index >= 15 is 0 Å². The summed E-state index contributed by atoms with van der Waals surface area (Å²) in [5.74, 6) is 0.212. The highest BCUT2D eigenvalue weighted by Gasteiger charge is 2.18. The van der Waals surface area contributed by atoms with Gasteiger partial charge in [0.25, 0.3) is 0 Å². The monoisotopic (exact) mass is 411 g/mol. The van der Waals surface area contributed by atoms with E-state index in [1.807, 2.05) is 38.1 Å². The number of nitriles is 2. The van der Waals surface area contributed by atoms with Crippen LogP contribution in [0, 0.1) is 46.6 Å². The van der Waals surface area contributed by atoms with E-state index in [9.17, 15) is 10.1 Å². The Balaban J connectivity index is 1.93. The molecule has 9 nitrogen and oxygen atoms in total. The summed E-state index contributed by atoms with van der Waals surface area (Å²) in [4.78, 5) is 19.2. The molecule has 2 N–H and O–H groups in total. The minimum atomic E-state index is -0.567. The van der Waals surface area contributed by atoms with Crippen LogP contribution in [-0.2, 0) is 0 Å². The van der Waals surface area contributed by atoms with Gasteiger partial charge in [0.05, 0.1) is 22.6 Å². The fourth-order valence-electron chi connectivity index (χ4n) is 2.96. The van der Waals surface area contributed by atoms with Crippen molar-refractivity contribution < 1.29 is 4.92 Å². The molecule has 0 radical (unpaired) electrons. The maximum Gasteiger partial charge on any atom is 0.329 e. The molecule has 0 saturated heterocycles. The second kappa shape index (κ2) is 9.16. The lowest BCUT2D eigenvalue weighted by molar-refractivity contribution is -0.384. The van der Waals surface area contributed by atoms with Gasteiger partial charge < -0.3 is 10.6 Å². The molecule has 1 aromatic heterocycles. The molecule has 0 bridgehead atoms. The molecular weight excluding hydrogens is 394 g/mol. The van der Waals surface area contributed by atoms with Gasteiger partial charge >= 0.3 is 5.69 Å². The van der Waals surface area contributed by atoms with E-state index in [-0.39, 0.29) is 17.5 Å². The summed E-state index contributed by atoms with van der Waals surface area (Å²) in [5, 5.41) is 35.0. The van der Waals surface area contributed by atoms with Gasteiger partial charge in [-0.3, -0.25) is 10.1 Å². The Morgan fingerprint density at radius 1 is 1.10 bits per heavy atom. The third-order valence-electron chi connectivity index (χ3n) is 4.39. The van der Waals surface area contributed by atoms with Crippen molar-refractivity contribution in [2.75, 3.05) is 10.6 Å². The fourth-order valence-corrected chi connectivity index (χ4v) is 2.96. The molecule has 0 spiro atoms. The lowest BCUT2D eigenvalue weighted by Gasteiger charge is -2.14. The lowest BCUT2D eigenvalue weighted by Crippen LogP contribution is -2.06. The van der Waals surface area contributed by atoms with Crippen molar-refractivity contribution >= 4 is 34.9 Å². The first kappa shape index (κ1) is 21.0. The lowest BCUT2D eigenvalue weighted by atomic mass is 10.0. The summed E-state index contributed by atoms with van der Waals surface area (Å²) in [7, 11) is 0. The van der Waals surface area contributed by atoms with Crippen LogP contribution in [0.25, 0.3) is 6.08 Å². The van der Waals surface area contributed by atoms with Crippen molar-refractivity contribution in [1.29, 1.82) is 10.5 Å². The molecule has 3 aromatic rings. The topological polar surface area (TPSA) is 141 Å². The zero-order valence-electron chi connectivity index (χ0n) is 16.7. The molecular formula is C22H17N7O2. The van der Waals surface area contributed by atoms with E-state index < -0.39 is 4.92 Å². The standard InChI is InChI=1S/C22H17N7O2/c1-14-10-17(4-3-9-23)11-15(2)20(14)27-22-25-13-19(29(30)31)21(28-22)26-18-7-5-16(12-24)6-8-18/h3-8,10-11,13H,1-2H3,(H2,25,26,27,28)/b4-3+. The summed E-state index contributed by atoms with van der Waals surface area (Å²) in [5.41, 5.74) is 4.21. The highest BCUT2D eigenvalue weighted by Crippen LogP contribution is 2.29. The maximum absolute atomic E-state index is 11.4. The second-order valence-electron chi connectivity index (χ2n) is 6.62. The Bertz CT molecular complexity index is 1230. The van der Waals surface area contributed by atoms with Crippen LogP contribution in [0.4, 0.5) is 28.8 Å². The minimum Gasteiger partial charge on any atom is -0.334 e. The number of nitrogens with one attached hydrogen (secondary N) is 2. The van der Waals surface area contributed by atoms with Gasteiger partial charge in [-0.2, -0.15) is 15.5 Å². The number of hydrogen-bond donors (Lipinski definition) is 2. The number of rotatable bonds is 6. The first-order chi connectivity index (χ1) is 14.9. The highest BCUT2D eigenvalue weighted by molar-refractivity contribution is 5.71. The average molecular weight is 411 g/mol. The number of benzene rings is 2. The largest absolute Gasteiger partial charge is 0.334 e. The number of aromatic nitrogens is 2. The quantitative estimate of drug-likeness (QED) is 0.331. The van der Waals surface area contributed by atoms with Crippen LogP contribution < -0.4 is 10.6 Å². The van der Waals surface area contributed by atoms with Gasteiger partial charge in [-0.15, -0.1) is 0 Å². The average Bonchev–Trinajstić information content (AvgIpc) is 2.75. The van der Waals surface area contributed by atoms with E-state index in [1.54, 1.807) is 30.3 Å². The molecule has 0 aliphatic heterocycles. The third kappa shape index (κ3) is 5.00. The van der Waals surface area contributed by atoms with E-state index in [0.717, 1.165) is 28.6 Å². The summed E-state index contributed by atoms with van der Waals surface area (Å²) < 4.78 is 0. The van der Waals surface area contributed by atoms with Gasteiger partial charge in [0.1, 0.15) is 6.20 Å². The molecule has 9 heteroatoms. The summed E-state index contributed by atoms with van der Waals surface area (Å²) in [6, 6.07) is 14.3. The van der Waals surface area contributed by atoms with Crippen LogP contribution in [-0.4, -0.2) is 14.9 Å². The normalized spacial score (nSPS) is 10.3.